The second-order valence-corrected chi connectivity index (χ2v) is 4.86. The Labute approximate surface area is 103 Å². The Kier molecular flexibility index (Phi) is 4.57. The summed E-state index contributed by atoms with van der Waals surface area (Å²) in [6, 6.07) is 2.69. The zero-order valence-electron chi connectivity index (χ0n) is 10.9. The molecular formula is C13H23N3O. The monoisotopic (exact) mass is 237 g/mol. The van der Waals surface area contributed by atoms with Gasteiger partial charge in [0.2, 0.25) is 0 Å². The Balaban J connectivity index is 1.91. The summed E-state index contributed by atoms with van der Waals surface area (Å²) in [5, 5.41) is 7.54. The number of piperidine rings is 1. The third-order valence-corrected chi connectivity index (χ3v) is 3.42. The molecule has 2 heterocycles. The zero-order chi connectivity index (χ0) is 12.1. The van der Waals surface area contributed by atoms with Gasteiger partial charge in [0.05, 0.1) is 5.69 Å². The second kappa shape index (κ2) is 6.17. The van der Waals surface area contributed by atoms with Crippen LogP contribution in [0.4, 0.5) is 0 Å². The molecule has 0 spiro atoms. The van der Waals surface area contributed by atoms with Crippen molar-refractivity contribution in [1.29, 1.82) is 0 Å². The standard InChI is InChI=1S/C13H23N3O/c1-3-14-9-13-6-4-5-7-16(13)10-12-8-11(2)17-15-12/h8,13-14H,3-7,9-10H2,1-2H3. The molecule has 1 aromatic rings. The van der Waals surface area contributed by atoms with Crippen LogP contribution in [0.2, 0.25) is 0 Å². The number of likely N-dealkylation sites (N-methyl/N-ethyl adjacent to an activating group) is 1. The summed E-state index contributed by atoms with van der Waals surface area (Å²) < 4.78 is 5.13. The predicted octanol–water partition coefficient (Wildman–Crippen LogP) is 1.95. The highest BCUT2D eigenvalue weighted by molar-refractivity contribution is 5.03. The van der Waals surface area contributed by atoms with E-state index < -0.39 is 0 Å². The van der Waals surface area contributed by atoms with Crippen molar-refractivity contribution in [2.45, 2.75) is 45.7 Å². The van der Waals surface area contributed by atoms with Gasteiger partial charge in [0.1, 0.15) is 5.76 Å². The summed E-state index contributed by atoms with van der Waals surface area (Å²) in [6.45, 7) is 8.35. The van der Waals surface area contributed by atoms with Gasteiger partial charge in [-0.25, -0.2) is 0 Å². The minimum Gasteiger partial charge on any atom is -0.361 e. The molecule has 17 heavy (non-hydrogen) atoms. The first-order valence-electron chi connectivity index (χ1n) is 6.66. The number of likely N-dealkylation sites (tertiary alicyclic amines) is 1. The molecule has 1 aliphatic heterocycles. The Morgan fingerprint density at radius 3 is 3.12 bits per heavy atom. The molecule has 0 aromatic carbocycles. The minimum absolute atomic E-state index is 0.653. The number of aromatic nitrogens is 1. The molecule has 1 fully saturated rings. The van der Waals surface area contributed by atoms with E-state index in [-0.39, 0.29) is 0 Å². The maximum absolute atomic E-state index is 5.13. The van der Waals surface area contributed by atoms with E-state index >= 15 is 0 Å². The van der Waals surface area contributed by atoms with Crippen molar-refractivity contribution in [2.75, 3.05) is 19.6 Å². The lowest BCUT2D eigenvalue weighted by Gasteiger charge is -2.35. The molecule has 4 nitrogen and oxygen atoms in total. The van der Waals surface area contributed by atoms with E-state index in [0.29, 0.717) is 6.04 Å². The molecule has 1 aromatic heterocycles. The fraction of sp³-hybridized carbons (Fsp3) is 0.769. The molecule has 1 unspecified atom stereocenters. The van der Waals surface area contributed by atoms with Crippen LogP contribution in [0.1, 0.15) is 37.6 Å². The molecule has 0 saturated carbocycles. The third-order valence-electron chi connectivity index (χ3n) is 3.42. The van der Waals surface area contributed by atoms with Crippen molar-refractivity contribution in [3.63, 3.8) is 0 Å². The highest BCUT2D eigenvalue weighted by Crippen LogP contribution is 2.19. The SMILES string of the molecule is CCNCC1CCCCN1Cc1cc(C)on1. The van der Waals surface area contributed by atoms with E-state index in [1.54, 1.807) is 0 Å². The van der Waals surface area contributed by atoms with E-state index in [4.69, 9.17) is 4.52 Å². The predicted molar refractivity (Wildman–Crippen MR) is 67.8 cm³/mol. The van der Waals surface area contributed by atoms with Gasteiger partial charge in [0.15, 0.2) is 0 Å². The lowest BCUT2D eigenvalue weighted by molar-refractivity contribution is 0.134. The quantitative estimate of drug-likeness (QED) is 0.850. The van der Waals surface area contributed by atoms with Gasteiger partial charge in [-0.15, -0.1) is 0 Å². The molecule has 96 valence electrons. The van der Waals surface area contributed by atoms with Crippen LogP contribution >= 0.6 is 0 Å². The van der Waals surface area contributed by atoms with Crippen molar-refractivity contribution < 1.29 is 4.52 Å². The number of nitrogens with one attached hydrogen (secondary N) is 1. The minimum atomic E-state index is 0.653. The molecule has 1 N–H and O–H groups in total. The van der Waals surface area contributed by atoms with Crippen LogP contribution in [0.15, 0.2) is 10.6 Å². The van der Waals surface area contributed by atoms with Gasteiger partial charge in [-0.2, -0.15) is 0 Å². The smallest absolute Gasteiger partial charge is 0.133 e. The van der Waals surface area contributed by atoms with Crippen molar-refractivity contribution in [2.24, 2.45) is 0 Å². The summed E-state index contributed by atoms with van der Waals surface area (Å²) in [4.78, 5) is 2.53. The zero-order valence-corrected chi connectivity index (χ0v) is 10.9. The summed E-state index contributed by atoms with van der Waals surface area (Å²) in [6.07, 6.45) is 3.95. The van der Waals surface area contributed by atoms with E-state index in [9.17, 15) is 0 Å². The second-order valence-electron chi connectivity index (χ2n) is 4.86. The number of hydrogen-bond donors (Lipinski definition) is 1. The first-order chi connectivity index (χ1) is 8.29. The summed E-state index contributed by atoms with van der Waals surface area (Å²) in [5.41, 5.74) is 1.06. The van der Waals surface area contributed by atoms with Gasteiger partial charge < -0.3 is 9.84 Å². The van der Waals surface area contributed by atoms with Crippen LogP contribution in [0, 0.1) is 6.92 Å². The Bertz CT molecular complexity index is 337. The molecule has 0 radical (unpaired) electrons. The molecule has 1 atom stereocenters. The van der Waals surface area contributed by atoms with Crippen LogP contribution in [-0.4, -0.2) is 35.7 Å². The van der Waals surface area contributed by atoms with E-state index in [2.05, 4.69) is 22.3 Å². The molecule has 2 rings (SSSR count). The van der Waals surface area contributed by atoms with Gasteiger partial charge >= 0.3 is 0 Å². The van der Waals surface area contributed by atoms with Crippen molar-refractivity contribution in [3.05, 3.63) is 17.5 Å². The van der Waals surface area contributed by atoms with Gasteiger partial charge in [-0.1, -0.05) is 18.5 Å². The first kappa shape index (κ1) is 12.6. The molecule has 1 aliphatic rings. The molecule has 0 aliphatic carbocycles. The average Bonchev–Trinajstić information content (AvgIpc) is 2.74. The number of hydrogen-bond acceptors (Lipinski definition) is 4. The fourth-order valence-corrected chi connectivity index (χ4v) is 2.51. The lowest BCUT2D eigenvalue weighted by Crippen LogP contribution is -2.45. The van der Waals surface area contributed by atoms with Crippen molar-refractivity contribution in [1.82, 2.24) is 15.4 Å². The molecule has 0 bridgehead atoms. The fourth-order valence-electron chi connectivity index (χ4n) is 2.51. The Morgan fingerprint density at radius 1 is 1.53 bits per heavy atom. The molecule has 1 saturated heterocycles. The van der Waals surface area contributed by atoms with E-state index in [0.717, 1.165) is 31.1 Å². The van der Waals surface area contributed by atoms with Gasteiger partial charge in [-0.3, -0.25) is 4.90 Å². The normalized spacial score (nSPS) is 21.9. The van der Waals surface area contributed by atoms with Crippen LogP contribution in [-0.2, 0) is 6.54 Å². The average molecular weight is 237 g/mol. The molecule has 0 amide bonds. The van der Waals surface area contributed by atoms with Gasteiger partial charge in [0.25, 0.3) is 0 Å². The Hall–Kier alpha value is -0.870. The third kappa shape index (κ3) is 3.54. The van der Waals surface area contributed by atoms with Crippen molar-refractivity contribution >= 4 is 0 Å². The molecule has 4 heteroatoms. The van der Waals surface area contributed by atoms with Gasteiger partial charge in [0, 0.05) is 25.2 Å². The summed E-state index contributed by atoms with van der Waals surface area (Å²) in [7, 11) is 0. The van der Waals surface area contributed by atoms with E-state index in [1.807, 2.05) is 13.0 Å². The topological polar surface area (TPSA) is 41.3 Å². The lowest BCUT2D eigenvalue weighted by atomic mass is 10.0. The van der Waals surface area contributed by atoms with Crippen molar-refractivity contribution in [3.8, 4) is 0 Å². The van der Waals surface area contributed by atoms with Crippen LogP contribution < -0.4 is 5.32 Å². The van der Waals surface area contributed by atoms with E-state index in [1.165, 1.54) is 25.8 Å². The highest BCUT2D eigenvalue weighted by atomic mass is 16.5. The molecular weight excluding hydrogens is 214 g/mol. The Morgan fingerprint density at radius 2 is 2.41 bits per heavy atom. The first-order valence-corrected chi connectivity index (χ1v) is 6.66. The van der Waals surface area contributed by atoms with Crippen LogP contribution in [0.3, 0.4) is 0 Å². The number of aryl methyl sites for hydroxylation is 1. The number of rotatable bonds is 5. The van der Waals surface area contributed by atoms with Crippen LogP contribution in [0.5, 0.6) is 0 Å². The van der Waals surface area contributed by atoms with Crippen LogP contribution in [0.25, 0.3) is 0 Å². The highest BCUT2D eigenvalue weighted by Gasteiger charge is 2.22. The van der Waals surface area contributed by atoms with Gasteiger partial charge in [-0.05, 0) is 32.9 Å². The number of nitrogens with zero attached hydrogens (tertiary/aromatic N) is 2. The summed E-state index contributed by atoms with van der Waals surface area (Å²) >= 11 is 0. The largest absolute Gasteiger partial charge is 0.361 e. The maximum atomic E-state index is 5.13. The maximum Gasteiger partial charge on any atom is 0.133 e. The summed E-state index contributed by atoms with van der Waals surface area (Å²) in [5.74, 6) is 0.903.